The van der Waals surface area contributed by atoms with Gasteiger partial charge < -0.3 is 9.64 Å². The minimum Gasteiger partial charge on any atom is -0.497 e. The van der Waals surface area contributed by atoms with Crippen LogP contribution >= 0.6 is 0 Å². The molecule has 0 aromatic heterocycles. The zero-order valence-corrected chi connectivity index (χ0v) is 16.5. The Kier molecular flexibility index (Phi) is 6.05. The normalized spacial score (nSPS) is 11.3. The van der Waals surface area contributed by atoms with Crippen molar-refractivity contribution in [3.8, 4) is 5.75 Å². The predicted molar refractivity (Wildman–Crippen MR) is 101 cm³/mol. The molecule has 7 heteroatoms. The maximum absolute atomic E-state index is 12.8. The van der Waals surface area contributed by atoms with E-state index >= 15 is 0 Å². The summed E-state index contributed by atoms with van der Waals surface area (Å²) < 4.78 is 31.9. The SMILES string of the molecule is CNS(=O)(=O)c1cc(C(=O)N(C)Cc2ccc(OC)cc2)cc(C)c1C. The van der Waals surface area contributed by atoms with Crippen LogP contribution in [0.3, 0.4) is 0 Å². The van der Waals surface area contributed by atoms with Gasteiger partial charge in [-0.1, -0.05) is 12.1 Å². The van der Waals surface area contributed by atoms with Gasteiger partial charge in [0.15, 0.2) is 0 Å². The van der Waals surface area contributed by atoms with E-state index < -0.39 is 10.0 Å². The number of ether oxygens (including phenoxy) is 1. The van der Waals surface area contributed by atoms with Gasteiger partial charge in [-0.3, -0.25) is 4.79 Å². The van der Waals surface area contributed by atoms with Gasteiger partial charge in [-0.2, -0.15) is 0 Å². The smallest absolute Gasteiger partial charge is 0.253 e. The molecule has 0 fully saturated rings. The van der Waals surface area contributed by atoms with Gasteiger partial charge in [-0.25, -0.2) is 13.1 Å². The molecule has 2 aromatic rings. The van der Waals surface area contributed by atoms with E-state index in [4.69, 9.17) is 4.74 Å². The lowest BCUT2D eigenvalue weighted by molar-refractivity contribution is 0.0784. The van der Waals surface area contributed by atoms with Crippen molar-refractivity contribution in [1.29, 1.82) is 0 Å². The lowest BCUT2D eigenvalue weighted by Crippen LogP contribution is -2.27. The van der Waals surface area contributed by atoms with Crippen LogP contribution in [0, 0.1) is 13.8 Å². The van der Waals surface area contributed by atoms with E-state index in [1.807, 2.05) is 24.3 Å². The lowest BCUT2D eigenvalue weighted by Gasteiger charge is -2.19. The molecule has 2 aromatic carbocycles. The number of carbonyl (C=O) groups excluding carboxylic acids is 1. The maximum Gasteiger partial charge on any atom is 0.253 e. The third-order valence-corrected chi connectivity index (χ3v) is 5.89. The molecule has 0 heterocycles. The Labute approximate surface area is 154 Å². The second-order valence-electron chi connectivity index (χ2n) is 6.13. The Bertz CT molecular complexity index is 906. The molecule has 0 aliphatic rings. The Morgan fingerprint density at radius 3 is 2.31 bits per heavy atom. The van der Waals surface area contributed by atoms with Gasteiger partial charge in [0, 0.05) is 19.2 Å². The highest BCUT2D eigenvalue weighted by molar-refractivity contribution is 7.89. The highest BCUT2D eigenvalue weighted by Gasteiger charge is 2.21. The van der Waals surface area contributed by atoms with Crippen molar-refractivity contribution in [3.63, 3.8) is 0 Å². The number of amides is 1. The number of carbonyl (C=O) groups is 1. The molecule has 26 heavy (non-hydrogen) atoms. The van der Waals surface area contributed by atoms with Gasteiger partial charge in [0.2, 0.25) is 10.0 Å². The molecule has 0 saturated carbocycles. The first kappa shape index (κ1) is 19.9. The molecule has 140 valence electrons. The van der Waals surface area contributed by atoms with Crippen molar-refractivity contribution in [2.45, 2.75) is 25.3 Å². The highest BCUT2D eigenvalue weighted by atomic mass is 32.2. The molecule has 0 unspecified atom stereocenters. The van der Waals surface area contributed by atoms with Crippen LogP contribution in [-0.2, 0) is 16.6 Å². The summed E-state index contributed by atoms with van der Waals surface area (Å²) in [5.74, 6) is 0.510. The number of rotatable bonds is 6. The number of hydrogen-bond donors (Lipinski definition) is 1. The fraction of sp³-hybridized carbons (Fsp3) is 0.316. The summed E-state index contributed by atoms with van der Waals surface area (Å²) in [6, 6.07) is 10.6. The molecule has 0 saturated heterocycles. The molecule has 1 N–H and O–H groups in total. The predicted octanol–water partition coefficient (Wildman–Crippen LogP) is 2.49. The Morgan fingerprint density at radius 2 is 1.77 bits per heavy atom. The van der Waals surface area contributed by atoms with Crippen molar-refractivity contribution in [2.75, 3.05) is 21.2 Å². The maximum atomic E-state index is 12.8. The van der Waals surface area contributed by atoms with Crippen molar-refractivity contribution < 1.29 is 17.9 Å². The van der Waals surface area contributed by atoms with E-state index in [2.05, 4.69) is 4.72 Å². The monoisotopic (exact) mass is 376 g/mol. The van der Waals surface area contributed by atoms with Crippen LogP contribution in [0.4, 0.5) is 0 Å². The van der Waals surface area contributed by atoms with Crippen molar-refractivity contribution in [3.05, 3.63) is 58.7 Å². The molecule has 1 amide bonds. The third kappa shape index (κ3) is 4.23. The van der Waals surface area contributed by atoms with E-state index in [1.54, 1.807) is 39.0 Å². The van der Waals surface area contributed by atoms with Crippen LogP contribution in [0.5, 0.6) is 5.75 Å². The average molecular weight is 376 g/mol. The standard InChI is InChI=1S/C19H24N2O4S/c1-13-10-16(11-18(14(13)2)26(23,24)20-3)19(22)21(4)12-15-6-8-17(25-5)9-7-15/h6-11,20H,12H2,1-5H3. The van der Waals surface area contributed by atoms with E-state index in [0.717, 1.165) is 16.9 Å². The topological polar surface area (TPSA) is 75.7 Å². The molecule has 6 nitrogen and oxygen atoms in total. The lowest BCUT2D eigenvalue weighted by atomic mass is 10.1. The van der Waals surface area contributed by atoms with Crippen molar-refractivity contribution in [2.24, 2.45) is 0 Å². The Balaban J connectivity index is 2.30. The van der Waals surface area contributed by atoms with E-state index in [-0.39, 0.29) is 10.8 Å². The van der Waals surface area contributed by atoms with Crippen molar-refractivity contribution in [1.82, 2.24) is 9.62 Å². The van der Waals surface area contributed by atoms with Crippen LogP contribution in [0.15, 0.2) is 41.3 Å². The first-order valence-corrected chi connectivity index (χ1v) is 9.61. The highest BCUT2D eigenvalue weighted by Crippen LogP contribution is 2.22. The summed E-state index contributed by atoms with van der Waals surface area (Å²) in [5, 5.41) is 0. The summed E-state index contributed by atoms with van der Waals surface area (Å²) in [4.78, 5) is 14.5. The molecule has 0 bridgehead atoms. The van der Waals surface area contributed by atoms with Crippen LogP contribution in [0.2, 0.25) is 0 Å². The van der Waals surface area contributed by atoms with Crippen LogP contribution in [-0.4, -0.2) is 40.4 Å². The molecular formula is C19H24N2O4S. The van der Waals surface area contributed by atoms with Crippen LogP contribution in [0.25, 0.3) is 0 Å². The largest absolute Gasteiger partial charge is 0.497 e. The fourth-order valence-corrected chi connectivity index (χ4v) is 3.70. The molecule has 2 rings (SSSR count). The van der Waals surface area contributed by atoms with Crippen LogP contribution < -0.4 is 9.46 Å². The van der Waals surface area contributed by atoms with E-state index in [1.165, 1.54) is 13.1 Å². The number of sulfonamides is 1. The molecular weight excluding hydrogens is 352 g/mol. The number of nitrogens with one attached hydrogen (secondary N) is 1. The van der Waals surface area contributed by atoms with Crippen molar-refractivity contribution >= 4 is 15.9 Å². The minimum atomic E-state index is -3.63. The Hall–Kier alpha value is -2.38. The molecule has 0 atom stereocenters. The number of benzene rings is 2. The number of methoxy groups -OCH3 is 1. The number of aryl methyl sites for hydroxylation is 1. The third-order valence-electron chi connectivity index (χ3n) is 4.35. The zero-order chi connectivity index (χ0) is 19.5. The van der Waals surface area contributed by atoms with Gasteiger partial charge in [0.25, 0.3) is 5.91 Å². The summed E-state index contributed by atoms with van der Waals surface area (Å²) in [6.07, 6.45) is 0. The second-order valence-corrected chi connectivity index (χ2v) is 7.99. The minimum absolute atomic E-state index is 0.126. The molecule has 0 aliphatic heterocycles. The van der Waals surface area contributed by atoms with Gasteiger partial charge >= 0.3 is 0 Å². The van der Waals surface area contributed by atoms with Gasteiger partial charge in [0.1, 0.15) is 5.75 Å². The van der Waals surface area contributed by atoms with Crippen LogP contribution in [0.1, 0.15) is 27.0 Å². The van der Waals surface area contributed by atoms with E-state index in [0.29, 0.717) is 17.7 Å². The van der Waals surface area contributed by atoms with Gasteiger partial charge in [-0.05, 0) is 61.9 Å². The fourth-order valence-electron chi connectivity index (χ4n) is 2.64. The quantitative estimate of drug-likeness (QED) is 0.840. The first-order chi connectivity index (χ1) is 12.2. The average Bonchev–Trinajstić information content (AvgIpc) is 2.63. The molecule has 0 spiro atoms. The summed E-state index contributed by atoms with van der Waals surface area (Å²) >= 11 is 0. The summed E-state index contributed by atoms with van der Waals surface area (Å²) in [6.45, 7) is 3.93. The summed E-state index contributed by atoms with van der Waals surface area (Å²) in [7, 11) is 1.01. The zero-order valence-electron chi connectivity index (χ0n) is 15.7. The Morgan fingerprint density at radius 1 is 1.15 bits per heavy atom. The number of hydrogen-bond acceptors (Lipinski definition) is 4. The number of nitrogens with zero attached hydrogens (tertiary/aromatic N) is 1. The molecule has 0 radical (unpaired) electrons. The summed E-state index contributed by atoms with van der Waals surface area (Å²) in [5.41, 5.74) is 2.68. The first-order valence-electron chi connectivity index (χ1n) is 8.12. The van der Waals surface area contributed by atoms with Gasteiger partial charge in [0.05, 0.1) is 12.0 Å². The van der Waals surface area contributed by atoms with Gasteiger partial charge in [-0.15, -0.1) is 0 Å². The second kappa shape index (κ2) is 7.88. The molecule has 0 aliphatic carbocycles. The van der Waals surface area contributed by atoms with E-state index in [9.17, 15) is 13.2 Å².